The third-order valence-corrected chi connectivity index (χ3v) is 4.84. The number of hydrogen-bond donors (Lipinski definition) is 2. The fourth-order valence-corrected chi connectivity index (χ4v) is 3.17. The Morgan fingerprint density at radius 2 is 1.90 bits per heavy atom. The van der Waals surface area contributed by atoms with Gasteiger partial charge in [-0.05, 0) is 30.7 Å². The largest absolute Gasteiger partial charge is 0.373 e. The van der Waals surface area contributed by atoms with Gasteiger partial charge in [-0.1, -0.05) is 33.8 Å². The second kappa shape index (κ2) is 8.27. The van der Waals surface area contributed by atoms with Crippen molar-refractivity contribution < 1.29 is 19.6 Å². The topological polar surface area (TPSA) is 127 Å². The number of aliphatic hydroxyl groups excluding tert-OH is 1. The summed E-state index contributed by atoms with van der Waals surface area (Å²) in [6.45, 7) is 7.24. The molecule has 0 radical (unpaired) electrons. The summed E-state index contributed by atoms with van der Waals surface area (Å²) in [5, 5.41) is 24.2. The number of hydrogen-bond acceptors (Lipinski definition) is 6. The third kappa shape index (κ3) is 4.46. The Labute approximate surface area is 178 Å². The summed E-state index contributed by atoms with van der Waals surface area (Å²) < 4.78 is 1.45. The van der Waals surface area contributed by atoms with Crippen molar-refractivity contribution in [2.24, 2.45) is 5.41 Å². The smallest absolute Gasteiger partial charge is 0.270 e. The SMILES string of the molecule is CCC(O)n1c(NC(=O)c2cccc([N+](=O)[O-])c2)nc2ccc(C(=O)C(C)(C)C)cc21. The number of carbonyl (C=O) groups excluding carboxylic acids is 2. The summed E-state index contributed by atoms with van der Waals surface area (Å²) in [7, 11) is 0. The number of benzene rings is 2. The highest BCUT2D eigenvalue weighted by Crippen LogP contribution is 2.29. The van der Waals surface area contributed by atoms with Crippen LogP contribution in [0.2, 0.25) is 0 Å². The number of aliphatic hydroxyl groups is 1. The van der Waals surface area contributed by atoms with Gasteiger partial charge >= 0.3 is 0 Å². The fraction of sp³-hybridized carbons (Fsp3) is 0.318. The maximum absolute atomic E-state index is 12.7. The number of aromatic nitrogens is 2. The number of carbonyl (C=O) groups is 2. The van der Waals surface area contributed by atoms with Crippen LogP contribution in [0.4, 0.5) is 11.6 Å². The van der Waals surface area contributed by atoms with Gasteiger partial charge in [0.2, 0.25) is 5.95 Å². The van der Waals surface area contributed by atoms with E-state index in [2.05, 4.69) is 10.3 Å². The molecule has 1 amide bonds. The van der Waals surface area contributed by atoms with Gasteiger partial charge in [0.15, 0.2) is 5.78 Å². The molecule has 1 heterocycles. The Balaban J connectivity index is 2.05. The van der Waals surface area contributed by atoms with Gasteiger partial charge < -0.3 is 5.11 Å². The van der Waals surface area contributed by atoms with Crippen molar-refractivity contribution in [2.45, 2.75) is 40.3 Å². The molecular formula is C22H24N4O5. The molecule has 0 saturated heterocycles. The zero-order valence-corrected chi connectivity index (χ0v) is 17.7. The van der Waals surface area contributed by atoms with Crippen molar-refractivity contribution in [1.82, 2.24) is 9.55 Å². The molecular weight excluding hydrogens is 400 g/mol. The minimum absolute atomic E-state index is 0.0599. The standard InChI is InChI=1S/C22H24N4O5/c1-5-18(27)25-17-12-13(19(28)22(2,3)4)9-10-16(17)23-21(25)24-20(29)14-7-6-8-15(11-14)26(30)31/h6-12,18,27H,5H2,1-4H3,(H,23,24,29). The van der Waals surface area contributed by atoms with E-state index in [4.69, 9.17) is 0 Å². The van der Waals surface area contributed by atoms with Gasteiger partial charge in [0.25, 0.3) is 11.6 Å². The zero-order valence-electron chi connectivity index (χ0n) is 17.7. The van der Waals surface area contributed by atoms with Gasteiger partial charge in [-0.2, -0.15) is 0 Å². The highest BCUT2D eigenvalue weighted by Gasteiger charge is 2.25. The van der Waals surface area contributed by atoms with E-state index in [0.717, 1.165) is 0 Å². The zero-order chi connectivity index (χ0) is 22.9. The molecule has 2 aromatic carbocycles. The van der Waals surface area contributed by atoms with Crippen LogP contribution in [0.15, 0.2) is 42.5 Å². The first-order chi connectivity index (χ1) is 14.5. The molecule has 0 spiro atoms. The Kier molecular flexibility index (Phi) is 5.90. The van der Waals surface area contributed by atoms with Crippen molar-refractivity contribution in [1.29, 1.82) is 0 Å². The minimum Gasteiger partial charge on any atom is -0.373 e. The summed E-state index contributed by atoms with van der Waals surface area (Å²) in [6.07, 6.45) is -0.659. The molecule has 2 N–H and O–H groups in total. The number of Topliss-reactive ketones (excluding diaryl/α,β-unsaturated/α-hetero) is 1. The van der Waals surface area contributed by atoms with Crippen LogP contribution in [-0.4, -0.2) is 31.3 Å². The van der Waals surface area contributed by atoms with Crippen LogP contribution >= 0.6 is 0 Å². The van der Waals surface area contributed by atoms with Gasteiger partial charge in [-0.3, -0.25) is 29.6 Å². The lowest BCUT2D eigenvalue weighted by molar-refractivity contribution is -0.384. The molecule has 1 unspecified atom stereocenters. The minimum atomic E-state index is -0.995. The van der Waals surface area contributed by atoms with Crippen molar-refractivity contribution >= 4 is 34.4 Å². The average molecular weight is 424 g/mol. The first-order valence-corrected chi connectivity index (χ1v) is 9.83. The number of imidazole rings is 1. The number of anilines is 1. The first kappa shape index (κ1) is 22.1. The van der Waals surface area contributed by atoms with Gasteiger partial charge in [0.1, 0.15) is 6.23 Å². The number of nitrogens with zero attached hydrogens (tertiary/aromatic N) is 3. The van der Waals surface area contributed by atoms with Crippen LogP contribution in [0.25, 0.3) is 11.0 Å². The number of amides is 1. The quantitative estimate of drug-likeness (QED) is 0.344. The van der Waals surface area contributed by atoms with Gasteiger partial charge in [0.05, 0.1) is 16.0 Å². The third-order valence-electron chi connectivity index (χ3n) is 4.84. The molecule has 0 aliphatic rings. The summed E-state index contributed by atoms with van der Waals surface area (Å²) >= 11 is 0. The molecule has 162 valence electrons. The lowest BCUT2D eigenvalue weighted by atomic mass is 9.86. The second-order valence-electron chi connectivity index (χ2n) is 8.24. The lowest BCUT2D eigenvalue weighted by Gasteiger charge is -2.18. The number of non-ortho nitro benzene ring substituents is 1. The molecule has 31 heavy (non-hydrogen) atoms. The molecule has 3 aromatic rings. The average Bonchev–Trinajstić information content (AvgIpc) is 3.08. The molecule has 0 aliphatic heterocycles. The van der Waals surface area contributed by atoms with E-state index in [1.165, 1.54) is 28.8 Å². The molecule has 0 aliphatic carbocycles. The highest BCUT2D eigenvalue weighted by molar-refractivity contribution is 6.05. The molecule has 0 fully saturated rings. The molecule has 9 heteroatoms. The Morgan fingerprint density at radius 1 is 1.19 bits per heavy atom. The number of nitrogens with one attached hydrogen (secondary N) is 1. The van der Waals surface area contributed by atoms with Crippen LogP contribution < -0.4 is 5.32 Å². The van der Waals surface area contributed by atoms with E-state index in [-0.39, 0.29) is 23.0 Å². The highest BCUT2D eigenvalue weighted by atomic mass is 16.6. The van der Waals surface area contributed by atoms with Crippen LogP contribution in [0.1, 0.15) is 61.1 Å². The first-order valence-electron chi connectivity index (χ1n) is 9.83. The normalized spacial score (nSPS) is 12.5. The van der Waals surface area contributed by atoms with Gasteiger partial charge in [0, 0.05) is 28.7 Å². The van der Waals surface area contributed by atoms with Crippen LogP contribution in [0, 0.1) is 15.5 Å². The summed E-state index contributed by atoms with van der Waals surface area (Å²) in [5.41, 5.74) is 0.760. The van der Waals surface area contributed by atoms with Crippen LogP contribution in [-0.2, 0) is 0 Å². The molecule has 0 bridgehead atoms. The summed E-state index contributed by atoms with van der Waals surface area (Å²) in [4.78, 5) is 40.2. The van der Waals surface area contributed by atoms with Crippen LogP contribution in [0.3, 0.4) is 0 Å². The summed E-state index contributed by atoms with van der Waals surface area (Å²) in [6, 6.07) is 10.3. The maximum atomic E-state index is 12.7. The number of rotatable bonds is 6. The number of nitro groups is 1. The molecule has 3 rings (SSSR count). The lowest BCUT2D eigenvalue weighted by Crippen LogP contribution is -2.20. The van der Waals surface area contributed by atoms with E-state index in [1.54, 1.807) is 25.1 Å². The van der Waals surface area contributed by atoms with Crippen molar-refractivity contribution in [3.63, 3.8) is 0 Å². The Hall–Kier alpha value is -3.59. The molecule has 1 atom stereocenters. The van der Waals surface area contributed by atoms with E-state index in [9.17, 15) is 24.8 Å². The Morgan fingerprint density at radius 3 is 2.52 bits per heavy atom. The van der Waals surface area contributed by atoms with Gasteiger partial charge in [-0.15, -0.1) is 0 Å². The number of nitro benzene ring substituents is 1. The maximum Gasteiger partial charge on any atom is 0.270 e. The predicted molar refractivity (Wildman–Crippen MR) is 116 cm³/mol. The van der Waals surface area contributed by atoms with Crippen molar-refractivity contribution in [2.75, 3.05) is 5.32 Å². The van der Waals surface area contributed by atoms with E-state index < -0.39 is 22.5 Å². The van der Waals surface area contributed by atoms with Crippen LogP contribution in [0.5, 0.6) is 0 Å². The number of fused-ring (bicyclic) bond motifs is 1. The predicted octanol–water partition coefficient (Wildman–Crippen LogP) is 4.33. The molecule has 1 aromatic heterocycles. The fourth-order valence-electron chi connectivity index (χ4n) is 3.17. The van der Waals surface area contributed by atoms with E-state index in [1.807, 2.05) is 20.8 Å². The van der Waals surface area contributed by atoms with Crippen molar-refractivity contribution in [3.05, 3.63) is 63.7 Å². The summed E-state index contributed by atoms with van der Waals surface area (Å²) in [5.74, 6) is -0.578. The van der Waals surface area contributed by atoms with Crippen molar-refractivity contribution in [3.8, 4) is 0 Å². The molecule has 0 saturated carbocycles. The van der Waals surface area contributed by atoms with E-state index in [0.29, 0.717) is 23.0 Å². The second-order valence-corrected chi connectivity index (χ2v) is 8.24. The van der Waals surface area contributed by atoms with E-state index >= 15 is 0 Å². The Bertz CT molecular complexity index is 1180. The number of ketones is 1. The van der Waals surface area contributed by atoms with Gasteiger partial charge in [-0.25, -0.2) is 4.98 Å². The molecule has 9 nitrogen and oxygen atoms in total. The monoisotopic (exact) mass is 424 g/mol.